The normalized spacial score (nSPS) is 17.2. The summed E-state index contributed by atoms with van der Waals surface area (Å²) >= 11 is 0. The van der Waals surface area contributed by atoms with Crippen molar-refractivity contribution in [2.24, 2.45) is 0 Å². The zero-order valence-corrected chi connectivity index (χ0v) is 16.6. The molecule has 0 amide bonds. The number of fused-ring (bicyclic) bond motifs is 3. The third kappa shape index (κ3) is 3.59. The van der Waals surface area contributed by atoms with E-state index >= 15 is 0 Å². The average molecular weight is 369 g/mol. The van der Waals surface area contributed by atoms with Gasteiger partial charge in [-0.25, -0.2) is 0 Å². The van der Waals surface area contributed by atoms with Crippen LogP contribution in [0.2, 0.25) is 0 Å². The van der Waals surface area contributed by atoms with Gasteiger partial charge < -0.3 is 9.88 Å². The van der Waals surface area contributed by atoms with E-state index in [4.69, 9.17) is 0 Å². The monoisotopic (exact) mass is 368 g/mol. The van der Waals surface area contributed by atoms with Crippen LogP contribution >= 0.6 is 0 Å². The molecule has 1 atom stereocenters. The maximum Gasteiger partial charge on any atom is 0.0947 e. The van der Waals surface area contributed by atoms with Crippen molar-refractivity contribution < 1.29 is 0 Å². The minimum absolute atomic E-state index is 0.0340. The minimum Gasteiger partial charge on any atom is -0.359 e. The summed E-state index contributed by atoms with van der Waals surface area (Å²) in [6, 6.07) is 8.55. The Bertz CT molecular complexity index is 1010. The van der Waals surface area contributed by atoms with Gasteiger partial charge in [0.1, 0.15) is 0 Å². The first-order chi connectivity index (χ1) is 13.6. The van der Waals surface area contributed by atoms with Gasteiger partial charge >= 0.3 is 0 Å². The molecule has 28 heavy (non-hydrogen) atoms. The van der Waals surface area contributed by atoms with Crippen LogP contribution in [0.3, 0.4) is 0 Å². The standard InChI is InChI=1S/C26H28N2/c1-6-9-14-19(4)20(5)28-18-17-23-22-15-10-11-16-24(22)27-25(23)26(28)21(12-7-2)13-8-3/h6-16,26-27H,1-2,4-5,17-18H2,3H3/b13-8-,14-9-,21-12+. The van der Waals surface area contributed by atoms with Gasteiger partial charge in [0.2, 0.25) is 0 Å². The van der Waals surface area contributed by atoms with Crippen molar-refractivity contribution in [3.05, 3.63) is 121 Å². The molecule has 1 unspecified atom stereocenters. The van der Waals surface area contributed by atoms with Crippen LogP contribution in [0.25, 0.3) is 10.9 Å². The molecule has 2 nitrogen and oxygen atoms in total. The molecule has 0 saturated carbocycles. The van der Waals surface area contributed by atoms with E-state index in [2.05, 4.69) is 78.7 Å². The molecule has 142 valence electrons. The molecule has 1 aromatic carbocycles. The molecule has 0 saturated heterocycles. The molecule has 2 heteroatoms. The highest BCUT2D eigenvalue weighted by Gasteiger charge is 2.32. The van der Waals surface area contributed by atoms with Gasteiger partial charge in [-0.1, -0.05) is 87.0 Å². The SMILES string of the molecule is C=C/C=C\C(=C)C(=C)N1CCc2c([nH]c3ccccc23)C1C(/C=C\C)=C/C=C. The highest BCUT2D eigenvalue weighted by molar-refractivity contribution is 5.85. The van der Waals surface area contributed by atoms with Crippen molar-refractivity contribution in [2.75, 3.05) is 6.54 Å². The van der Waals surface area contributed by atoms with E-state index in [0.29, 0.717) is 0 Å². The molecule has 1 N–H and O–H groups in total. The van der Waals surface area contributed by atoms with Gasteiger partial charge in [-0.2, -0.15) is 0 Å². The van der Waals surface area contributed by atoms with Gasteiger partial charge in [-0.05, 0) is 36.1 Å². The predicted octanol–water partition coefficient (Wildman–Crippen LogP) is 6.57. The largest absolute Gasteiger partial charge is 0.359 e. The highest BCUT2D eigenvalue weighted by atomic mass is 15.2. The van der Waals surface area contributed by atoms with Crippen molar-refractivity contribution >= 4 is 10.9 Å². The summed E-state index contributed by atoms with van der Waals surface area (Å²) in [5.41, 5.74) is 6.77. The van der Waals surface area contributed by atoms with Crippen molar-refractivity contribution in [3.8, 4) is 0 Å². The van der Waals surface area contributed by atoms with E-state index in [9.17, 15) is 0 Å². The first-order valence-electron chi connectivity index (χ1n) is 9.61. The second-order valence-electron chi connectivity index (χ2n) is 6.88. The number of hydrogen-bond acceptors (Lipinski definition) is 1. The quantitative estimate of drug-likeness (QED) is 0.548. The second kappa shape index (κ2) is 8.62. The lowest BCUT2D eigenvalue weighted by Gasteiger charge is -2.39. The lowest BCUT2D eigenvalue weighted by molar-refractivity contribution is 0.278. The van der Waals surface area contributed by atoms with Gasteiger partial charge in [0.05, 0.1) is 6.04 Å². The van der Waals surface area contributed by atoms with Crippen LogP contribution < -0.4 is 0 Å². The Hall–Kier alpha value is -3.26. The van der Waals surface area contributed by atoms with E-state index in [1.165, 1.54) is 27.7 Å². The lowest BCUT2D eigenvalue weighted by atomic mass is 9.90. The zero-order valence-electron chi connectivity index (χ0n) is 16.6. The van der Waals surface area contributed by atoms with Crippen LogP contribution in [0.15, 0.2) is 110 Å². The molecule has 1 aliphatic heterocycles. The number of rotatable bonds is 7. The van der Waals surface area contributed by atoms with E-state index in [-0.39, 0.29) is 6.04 Å². The van der Waals surface area contributed by atoms with Gasteiger partial charge in [0.15, 0.2) is 0 Å². The summed E-state index contributed by atoms with van der Waals surface area (Å²) in [7, 11) is 0. The van der Waals surface area contributed by atoms with E-state index in [0.717, 1.165) is 24.2 Å². The van der Waals surface area contributed by atoms with Crippen LogP contribution in [0.5, 0.6) is 0 Å². The Morgan fingerprint density at radius 1 is 1.14 bits per heavy atom. The van der Waals surface area contributed by atoms with Gasteiger partial charge in [-0.15, -0.1) is 0 Å². The van der Waals surface area contributed by atoms with Crippen LogP contribution in [0, 0.1) is 0 Å². The third-order valence-electron chi connectivity index (χ3n) is 5.17. The van der Waals surface area contributed by atoms with Crippen molar-refractivity contribution in [1.82, 2.24) is 9.88 Å². The molecular formula is C26H28N2. The fourth-order valence-corrected chi connectivity index (χ4v) is 3.91. The molecule has 1 aromatic heterocycles. The predicted molar refractivity (Wildman–Crippen MR) is 122 cm³/mol. The van der Waals surface area contributed by atoms with Crippen LogP contribution in [0.4, 0.5) is 0 Å². The molecule has 1 aliphatic rings. The Morgan fingerprint density at radius 3 is 2.64 bits per heavy atom. The lowest BCUT2D eigenvalue weighted by Crippen LogP contribution is -2.35. The third-order valence-corrected chi connectivity index (χ3v) is 5.17. The van der Waals surface area contributed by atoms with E-state index in [1.807, 2.05) is 25.2 Å². The number of hydrogen-bond donors (Lipinski definition) is 1. The van der Waals surface area contributed by atoms with Crippen LogP contribution in [-0.4, -0.2) is 16.4 Å². The van der Waals surface area contributed by atoms with Gasteiger partial charge in [0, 0.05) is 28.8 Å². The Balaban J connectivity index is 2.15. The molecule has 3 rings (SSSR count). The molecular weight excluding hydrogens is 340 g/mol. The molecule has 2 heterocycles. The number of aromatic nitrogens is 1. The number of para-hydroxylation sites is 1. The highest BCUT2D eigenvalue weighted by Crippen LogP contribution is 2.41. The molecule has 0 bridgehead atoms. The van der Waals surface area contributed by atoms with Crippen molar-refractivity contribution in [3.63, 3.8) is 0 Å². The first kappa shape index (κ1) is 19.5. The molecule has 2 aromatic rings. The summed E-state index contributed by atoms with van der Waals surface area (Å²) < 4.78 is 0. The smallest absolute Gasteiger partial charge is 0.0947 e. The number of benzene rings is 1. The van der Waals surface area contributed by atoms with Gasteiger partial charge in [-0.3, -0.25) is 0 Å². The maximum atomic E-state index is 4.36. The zero-order chi connectivity index (χ0) is 20.1. The Labute approximate surface area is 168 Å². The summed E-state index contributed by atoms with van der Waals surface area (Å²) in [6.07, 6.45) is 14.7. The van der Waals surface area contributed by atoms with Crippen LogP contribution in [0.1, 0.15) is 24.2 Å². The number of nitrogens with zero attached hydrogens (tertiary/aromatic N) is 1. The van der Waals surface area contributed by atoms with Crippen LogP contribution in [-0.2, 0) is 6.42 Å². The number of nitrogens with one attached hydrogen (secondary N) is 1. The molecule has 0 spiro atoms. The summed E-state index contributed by atoms with van der Waals surface area (Å²) in [5, 5.41) is 1.30. The number of H-pyrrole nitrogens is 1. The maximum absolute atomic E-state index is 4.36. The summed E-state index contributed by atoms with van der Waals surface area (Å²) in [6.45, 7) is 19.2. The Morgan fingerprint density at radius 2 is 1.93 bits per heavy atom. The molecule has 0 radical (unpaired) electrons. The fraction of sp³-hybridized carbons (Fsp3) is 0.154. The molecule has 0 aliphatic carbocycles. The number of aromatic amines is 1. The fourth-order valence-electron chi connectivity index (χ4n) is 3.91. The van der Waals surface area contributed by atoms with E-state index < -0.39 is 0 Å². The summed E-state index contributed by atoms with van der Waals surface area (Å²) in [4.78, 5) is 6.01. The van der Waals surface area contributed by atoms with Crippen molar-refractivity contribution in [2.45, 2.75) is 19.4 Å². The molecule has 0 fully saturated rings. The Kier molecular flexibility index (Phi) is 6.00. The average Bonchev–Trinajstić information content (AvgIpc) is 3.09. The summed E-state index contributed by atoms with van der Waals surface area (Å²) in [5.74, 6) is 0. The topological polar surface area (TPSA) is 19.0 Å². The minimum atomic E-state index is 0.0340. The van der Waals surface area contributed by atoms with E-state index in [1.54, 1.807) is 6.08 Å². The van der Waals surface area contributed by atoms with Gasteiger partial charge in [0.25, 0.3) is 0 Å². The first-order valence-corrected chi connectivity index (χ1v) is 9.61. The second-order valence-corrected chi connectivity index (χ2v) is 6.88. The number of allylic oxidation sites excluding steroid dienone is 6. The van der Waals surface area contributed by atoms with Crippen molar-refractivity contribution in [1.29, 1.82) is 0 Å².